The molecule has 0 atom stereocenters. The first-order valence-electron chi connectivity index (χ1n) is 4.03. The highest BCUT2D eigenvalue weighted by atomic mass is 16.6. The van der Waals surface area contributed by atoms with E-state index < -0.39 is 4.92 Å². The van der Waals surface area contributed by atoms with Crippen molar-refractivity contribution in [3.63, 3.8) is 0 Å². The highest BCUT2D eigenvalue weighted by Gasteiger charge is 2.20. The van der Waals surface area contributed by atoms with Crippen molar-refractivity contribution in [2.24, 2.45) is 5.11 Å². The highest BCUT2D eigenvalue weighted by Crippen LogP contribution is 2.33. The number of nitro benzene ring substituents is 1. The van der Waals surface area contributed by atoms with Crippen molar-refractivity contribution in [3.8, 4) is 5.75 Å². The largest absolute Gasteiger partial charge is 0.490 e. The summed E-state index contributed by atoms with van der Waals surface area (Å²) < 4.78 is 4.77. The van der Waals surface area contributed by atoms with Crippen LogP contribution < -0.4 is 9.65 Å². The van der Waals surface area contributed by atoms with Gasteiger partial charge in [0.05, 0.1) is 17.6 Å². The van der Waals surface area contributed by atoms with Crippen molar-refractivity contribution >= 4 is 17.7 Å². The Morgan fingerprint density at radius 2 is 2.31 bits per heavy atom. The van der Waals surface area contributed by atoms with Crippen molar-refractivity contribution < 1.29 is 14.5 Å². The minimum atomic E-state index is -0.673. The predicted molar refractivity (Wildman–Crippen MR) is 52.0 cm³/mol. The van der Waals surface area contributed by atoms with Gasteiger partial charge in [-0.25, -0.2) is 0 Å². The quantitative estimate of drug-likeness (QED) is 0.274. The number of nitrogens with zero attached hydrogens (tertiary/aromatic N) is 3. The first-order valence-corrected chi connectivity index (χ1v) is 4.03. The van der Waals surface area contributed by atoms with E-state index in [9.17, 15) is 14.9 Å². The van der Waals surface area contributed by atoms with Crippen LogP contribution in [-0.2, 0) is 0 Å². The summed E-state index contributed by atoms with van der Waals surface area (Å²) in [7, 11) is 1.25. The molecule has 0 aliphatic carbocycles. The fraction of sp³-hybridized carbons (Fsp3) is 0.125. The minimum Gasteiger partial charge on any atom is -0.490 e. The Morgan fingerprint density at radius 1 is 1.62 bits per heavy atom. The lowest BCUT2D eigenvalue weighted by molar-refractivity contribution is -0.385. The van der Waals surface area contributed by atoms with Crippen LogP contribution in [0.15, 0.2) is 17.2 Å². The van der Waals surface area contributed by atoms with Gasteiger partial charge in [-0.3, -0.25) is 14.9 Å². The maximum absolute atomic E-state index is 10.7. The molecule has 1 rings (SSSR count). The number of methoxy groups -OCH3 is 1. The zero-order valence-electron chi connectivity index (χ0n) is 8.21. The van der Waals surface area contributed by atoms with Crippen LogP contribution in [0.3, 0.4) is 0 Å². The van der Waals surface area contributed by atoms with Crippen molar-refractivity contribution in [2.45, 2.75) is 0 Å². The third-order valence-electron chi connectivity index (χ3n) is 1.81. The summed E-state index contributed by atoms with van der Waals surface area (Å²) in [5.74, 6) is -0.0435. The van der Waals surface area contributed by atoms with Crippen molar-refractivity contribution in [3.05, 3.63) is 27.8 Å². The van der Waals surface area contributed by atoms with Gasteiger partial charge in [0.25, 0.3) is 0 Å². The van der Waals surface area contributed by atoms with Crippen LogP contribution in [0, 0.1) is 15.6 Å². The number of nitrogens with one attached hydrogen (secondary N) is 1. The molecule has 1 aromatic carbocycles. The summed E-state index contributed by atoms with van der Waals surface area (Å²) >= 11 is 0. The van der Waals surface area contributed by atoms with Gasteiger partial charge in [0.1, 0.15) is 5.53 Å². The van der Waals surface area contributed by atoms with Crippen LogP contribution in [0.2, 0.25) is 0 Å². The average molecular weight is 223 g/mol. The third kappa shape index (κ3) is 2.07. The fourth-order valence-corrected chi connectivity index (χ4v) is 1.11. The van der Waals surface area contributed by atoms with Crippen LogP contribution in [0.5, 0.6) is 5.75 Å². The summed E-state index contributed by atoms with van der Waals surface area (Å²) in [5, 5.41) is 14.0. The molecule has 0 radical (unpaired) electrons. The van der Waals surface area contributed by atoms with Crippen molar-refractivity contribution in [2.75, 3.05) is 7.11 Å². The lowest BCUT2D eigenvalue weighted by Crippen LogP contribution is -1.95. The number of carbonyl (C=O) groups is 1. The second-order valence-electron chi connectivity index (χ2n) is 2.66. The van der Waals surface area contributed by atoms with E-state index >= 15 is 0 Å². The number of aldehydes is 1. The molecule has 1 aromatic rings. The number of rotatable bonds is 4. The summed E-state index contributed by atoms with van der Waals surface area (Å²) in [6.45, 7) is 0. The molecule has 82 valence electrons. The Morgan fingerprint density at radius 3 is 2.75 bits per heavy atom. The van der Waals surface area contributed by atoms with Crippen molar-refractivity contribution in [1.29, 1.82) is 5.53 Å². The van der Waals surface area contributed by atoms with Crippen LogP contribution in [0.25, 0.3) is 0 Å². The lowest BCUT2D eigenvalue weighted by Gasteiger charge is -2.01. The molecular formula is C8H7N4O4+. The van der Waals surface area contributed by atoms with Gasteiger partial charge in [0.2, 0.25) is 4.91 Å². The fourth-order valence-electron chi connectivity index (χ4n) is 1.11. The molecule has 8 nitrogen and oxygen atoms in total. The van der Waals surface area contributed by atoms with Gasteiger partial charge in [-0.05, 0) is 0 Å². The average Bonchev–Trinajstić information content (AvgIpc) is 2.28. The van der Waals surface area contributed by atoms with E-state index in [1.807, 2.05) is 0 Å². The molecule has 0 spiro atoms. The zero-order valence-corrected chi connectivity index (χ0v) is 8.21. The van der Waals surface area contributed by atoms with Gasteiger partial charge >= 0.3 is 5.69 Å². The molecule has 0 heterocycles. The third-order valence-corrected chi connectivity index (χ3v) is 1.81. The summed E-state index contributed by atoms with van der Waals surface area (Å²) in [6.07, 6.45) is 0.399. The van der Waals surface area contributed by atoms with Gasteiger partial charge < -0.3 is 4.74 Å². The molecule has 0 saturated carbocycles. The molecule has 0 unspecified atom stereocenters. The highest BCUT2D eigenvalue weighted by molar-refractivity contribution is 5.85. The molecular weight excluding hydrogens is 216 g/mol. The summed E-state index contributed by atoms with van der Waals surface area (Å²) in [4.78, 5) is 23.4. The Labute approximate surface area is 89.2 Å². The van der Waals surface area contributed by atoms with Gasteiger partial charge in [0, 0.05) is 12.1 Å². The second kappa shape index (κ2) is 4.76. The molecule has 0 amide bonds. The SMILES string of the molecule is COc1cc(N=[N+]=N)c(C=O)cc1[N+](=O)[O-]. The Balaban J connectivity index is 3.51. The molecule has 0 bridgehead atoms. The molecule has 8 heteroatoms. The van der Waals surface area contributed by atoms with E-state index in [2.05, 4.69) is 10.0 Å². The summed E-state index contributed by atoms with van der Waals surface area (Å²) in [5.41, 5.74) is 6.23. The normalized spacial score (nSPS) is 9.06. The van der Waals surface area contributed by atoms with E-state index in [-0.39, 0.29) is 22.7 Å². The Kier molecular flexibility index (Phi) is 3.41. The van der Waals surface area contributed by atoms with Crippen LogP contribution in [0.4, 0.5) is 11.4 Å². The minimum absolute atomic E-state index is 0.0245. The number of hydrogen-bond acceptors (Lipinski definition) is 6. The van der Waals surface area contributed by atoms with Gasteiger partial charge in [0.15, 0.2) is 22.8 Å². The van der Waals surface area contributed by atoms with Gasteiger partial charge in [-0.15, -0.1) is 0 Å². The maximum Gasteiger partial charge on any atom is 0.311 e. The van der Waals surface area contributed by atoms with Crippen LogP contribution in [-0.4, -0.2) is 18.3 Å². The first-order chi connectivity index (χ1) is 7.63. The topological polar surface area (TPSA) is 120 Å². The standard InChI is InChI=1S/C8H7N4O4/c1-16-8-3-6(10-11-9)5(4-13)2-7(8)12(14)15/h2-4,9H,1H3/q+1. The molecule has 0 fully saturated rings. The molecule has 0 saturated heterocycles. The second-order valence-corrected chi connectivity index (χ2v) is 2.66. The number of nitro groups is 1. The maximum atomic E-state index is 10.7. The Bertz CT molecular complexity index is 493. The van der Waals surface area contributed by atoms with E-state index in [4.69, 9.17) is 10.3 Å². The van der Waals surface area contributed by atoms with Gasteiger partial charge in [-0.2, -0.15) is 0 Å². The smallest absolute Gasteiger partial charge is 0.311 e. The lowest BCUT2D eigenvalue weighted by atomic mass is 10.1. The van der Waals surface area contributed by atoms with E-state index in [1.165, 1.54) is 13.2 Å². The van der Waals surface area contributed by atoms with Crippen molar-refractivity contribution in [1.82, 2.24) is 4.91 Å². The number of carbonyl (C=O) groups excluding carboxylic acids is 1. The number of benzene rings is 1. The predicted octanol–water partition coefficient (Wildman–Crippen LogP) is 1.60. The molecule has 1 N–H and O–H groups in total. The summed E-state index contributed by atoms with van der Waals surface area (Å²) in [6, 6.07) is 2.20. The molecule has 0 aliphatic rings. The molecule has 0 aliphatic heterocycles. The van der Waals surface area contributed by atoms with Crippen LogP contribution in [0.1, 0.15) is 10.4 Å². The van der Waals surface area contributed by atoms with E-state index in [0.717, 1.165) is 6.07 Å². The monoisotopic (exact) mass is 223 g/mol. The molecule has 16 heavy (non-hydrogen) atoms. The molecule has 0 aromatic heterocycles. The number of hydrogen-bond donors (Lipinski definition) is 1. The van der Waals surface area contributed by atoms with E-state index in [0.29, 0.717) is 6.29 Å². The van der Waals surface area contributed by atoms with E-state index in [1.54, 1.807) is 0 Å². The van der Waals surface area contributed by atoms with Crippen LogP contribution >= 0.6 is 0 Å². The van der Waals surface area contributed by atoms with Gasteiger partial charge in [-0.1, -0.05) is 0 Å². The first kappa shape index (κ1) is 11.5. The Hall–Kier alpha value is -2.60. The number of ether oxygens (including phenoxy) is 1. The zero-order chi connectivity index (χ0) is 12.1.